The van der Waals surface area contributed by atoms with E-state index in [4.69, 9.17) is 0 Å². The lowest BCUT2D eigenvalue weighted by Gasteiger charge is -2.09. The SMILES string of the molecule is Fc1ccc(Cc2nc(Nc3ccn[nH]3)c3ccccc3n2)cc1. The first kappa shape index (κ1) is 14.3. The van der Waals surface area contributed by atoms with Crippen molar-refractivity contribution in [1.29, 1.82) is 0 Å². The van der Waals surface area contributed by atoms with Gasteiger partial charge in [0.25, 0.3) is 0 Å². The van der Waals surface area contributed by atoms with Gasteiger partial charge in [0.05, 0.1) is 11.7 Å². The van der Waals surface area contributed by atoms with Gasteiger partial charge in [-0.1, -0.05) is 24.3 Å². The summed E-state index contributed by atoms with van der Waals surface area (Å²) in [5.74, 6) is 1.88. The molecular formula is C18H14FN5. The number of benzene rings is 2. The molecule has 4 aromatic rings. The number of para-hydroxylation sites is 1. The van der Waals surface area contributed by atoms with Gasteiger partial charge in [0.1, 0.15) is 23.3 Å². The highest BCUT2D eigenvalue weighted by Gasteiger charge is 2.09. The van der Waals surface area contributed by atoms with Crippen molar-refractivity contribution >= 4 is 22.5 Å². The lowest BCUT2D eigenvalue weighted by Crippen LogP contribution is -2.03. The van der Waals surface area contributed by atoms with Crippen LogP contribution in [0.5, 0.6) is 0 Å². The number of nitrogens with one attached hydrogen (secondary N) is 2. The molecule has 0 radical (unpaired) electrons. The van der Waals surface area contributed by atoms with Gasteiger partial charge in [-0.25, -0.2) is 14.4 Å². The average molecular weight is 319 g/mol. The van der Waals surface area contributed by atoms with E-state index >= 15 is 0 Å². The van der Waals surface area contributed by atoms with E-state index in [0.29, 0.717) is 18.1 Å². The van der Waals surface area contributed by atoms with E-state index in [9.17, 15) is 4.39 Å². The summed E-state index contributed by atoms with van der Waals surface area (Å²) in [7, 11) is 0. The summed E-state index contributed by atoms with van der Waals surface area (Å²) in [6.45, 7) is 0. The number of aromatic nitrogens is 4. The maximum Gasteiger partial charge on any atom is 0.143 e. The Balaban J connectivity index is 1.74. The Morgan fingerprint density at radius 2 is 1.79 bits per heavy atom. The lowest BCUT2D eigenvalue weighted by molar-refractivity contribution is 0.627. The van der Waals surface area contributed by atoms with Crippen LogP contribution in [0.25, 0.3) is 10.9 Å². The Morgan fingerprint density at radius 3 is 2.58 bits per heavy atom. The molecule has 2 heterocycles. The third-order valence-electron chi connectivity index (χ3n) is 3.68. The predicted octanol–water partition coefficient (Wildman–Crippen LogP) is 3.83. The predicted molar refractivity (Wildman–Crippen MR) is 90.6 cm³/mol. The van der Waals surface area contributed by atoms with E-state index in [-0.39, 0.29) is 5.82 Å². The second-order valence-corrected chi connectivity index (χ2v) is 5.40. The van der Waals surface area contributed by atoms with Crippen molar-refractivity contribution in [3.05, 3.63) is 78.0 Å². The molecule has 24 heavy (non-hydrogen) atoms. The van der Waals surface area contributed by atoms with Crippen LogP contribution in [-0.2, 0) is 6.42 Å². The minimum Gasteiger partial charge on any atom is -0.325 e. The standard InChI is InChI=1S/C18H14FN5/c19-13-7-5-12(6-8-13)11-17-21-15-4-2-1-3-14(15)18(23-17)22-16-9-10-20-24-16/h1-10H,11H2,(H2,20,21,22,23,24). The summed E-state index contributed by atoms with van der Waals surface area (Å²) in [6.07, 6.45) is 2.20. The summed E-state index contributed by atoms with van der Waals surface area (Å²) in [4.78, 5) is 9.24. The second kappa shape index (κ2) is 6.08. The Labute approximate surface area is 137 Å². The first-order chi connectivity index (χ1) is 11.8. The average Bonchev–Trinajstić information content (AvgIpc) is 3.10. The molecule has 0 saturated carbocycles. The van der Waals surface area contributed by atoms with E-state index < -0.39 is 0 Å². The van der Waals surface area contributed by atoms with Gasteiger partial charge in [-0.05, 0) is 29.8 Å². The monoisotopic (exact) mass is 319 g/mol. The van der Waals surface area contributed by atoms with Gasteiger partial charge >= 0.3 is 0 Å². The third-order valence-corrected chi connectivity index (χ3v) is 3.68. The Hall–Kier alpha value is -3.28. The lowest BCUT2D eigenvalue weighted by atomic mass is 10.1. The molecule has 0 fully saturated rings. The molecule has 0 aliphatic heterocycles. The van der Waals surface area contributed by atoms with E-state index in [2.05, 4.69) is 25.5 Å². The third kappa shape index (κ3) is 2.94. The molecule has 118 valence electrons. The Bertz CT molecular complexity index is 965. The van der Waals surface area contributed by atoms with E-state index in [1.165, 1.54) is 12.1 Å². The van der Waals surface area contributed by atoms with Crippen molar-refractivity contribution in [2.75, 3.05) is 5.32 Å². The molecule has 4 rings (SSSR count). The van der Waals surface area contributed by atoms with Gasteiger partial charge < -0.3 is 5.32 Å². The highest BCUT2D eigenvalue weighted by atomic mass is 19.1. The van der Waals surface area contributed by atoms with Crippen molar-refractivity contribution in [2.45, 2.75) is 6.42 Å². The molecule has 0 saturated heterocycles. The molecule has 2 aromatic heterocycles. The van der Waals surface area contributed by atoms with Gasteiger partial charge in [0.15, 0.2) is 0 Å². The maximum absolute atomic E-state index is 13.1. The normalized spacial score (nSPS) is 10.9. The number of H-pyrrole nitrogens is 1. The van der Waals surface area contributed by atoms with Crippen LogP contribution in [0.3, 0.4) is 0 Å². The van der Waals surface area contributed by atoms with Crippen LogP contribution in [-0.4, -0.2) is 20.2 Å². The van der Waals surface area contributed by atoms with E-state index in [1.807, 2.05) is 30.3 Å². The van der Waals surface area contributed by atoms with Crippen LogP contribution in [0.4, 0.5) is 16.0 Å². The van der Waals surface area contributed by atoms with Gasteiger partial charge in [0, 0.05) is 17.9 Å². The highest BCUT2D eigenvalue weighted by Crippen LogP contribution is 2.23. The van der Waals surface area contributed by atoms with Gasteiger partial charge in [-0.3, -0.25) is 5.10 Å². The largest absolute Gasteiger partial charge is 0.325 e. The maximum atomic E-state index is 13.1. The molecule has 0 amide bonds. The number of halogens is 1. The Kier molecular flexibility index (Phi) is 3.63. The number of nitrogens with zero attached hydrogens (tertiary/aromatic N) is 3. The number of aromatic amines is 1. The molecule has 0 aliphatic carbocycles. The quantitative estimate of drug-likeness (QED) is 0.600. The summed E-state index contributed by atoms with van der Waals surface area (Å²) in [5, 5.41) is 11.0. The van der Waals surface area contributed by atoms with Crippen LogP contribution in [0.1, 0.15) is 11.4 Å². The molecule has 0 aliphatic rings. The van der Waals surface area contributed by atoms with Crippen molar-refractivity contribution in [3.63, 3.8) is 0 Å². The van der Waals surface area contributed by atoms with E-state index in [0.717, 1.165) is 22.3 Å². The molecule has 0 bridgehead atoms. The summed E-state index contributed by atoms with van der Waals surface area (Å²) < 4.78 is 13.1. The first-order valence-corrected chi connectivity index (χ1v) is 7.54. The van der Waals surface area contributed by atoms with Crippen LogP contribution in [0.2, 0.25) is 0 Å². The zero-order valence-corrected chi connectivity index (χ0v) is 12.7. The molecule has 2 aromatic carbocycles. The smallest absolute Gasteiger partial charge is 0.143 e. The zero-order chi connectivity index (χ0) is 16.4. The van der Waals surface area contributed by atoms with Crippen molar-refractivity contribution in [2.24, 2.45) is 0 Å². The van der Waals surface area contributed by atoms with Gasteiger partial charge in [-0.15, -0.1) is 0 Å². The molecule has 0 unspecified atom stereocenters. The van der Waals surface area contributed by atoms with Crippen LogP contribution < -0.4 is 5.32 Å². The zero-order valence-electron chi connectivity index (χ0n) is 12.7. The molecule has 5 nitrogen and oxygen atoms in total. The molecule has 0 spiro atoms. The van der Waals surface area contributed by atoms with Crippen LogP contribution >= 0.6 is 0 Å². The van der Waals surface area contributed by atoms with Crippen molar-refractivity contribution in [1.82, 2.24) is 20.2 Å². The topological polar surface area (TPSA) is 66.5 Å². The molecule has 0 atom stereocenters. The van der Waals surface area contributed by atoms with Crippen molar-refractivity contribution in [3.8, 4) is 0 Å². The van der Waals surface area contributed by atoms with E-state index in [1.54, 1.807) is 18.3 Å². The fraction of sp³-hybridized carbons (Fsp3) is 0.0556. The fourth-order valence-corrected chi connectivity index (χ4v) is 2.54. The minimum atomic E-state index is -0.250. The van der Waals surface area contributed by atoms with Crippen LogP contribution in [0, 0.1) is 5.82 Å². The summed E-state index contributed by atoms with van der Waals surface area (Å²) in [5.41, 5.74) is 1.81. The number of rotatable bonds is 4. The first-order valence-electron chi connectivity index (χ1n) is 7.54. The number of hydrogen-bond donors (Lipinski definition) is 2. The second-order valence-electron chi connectivity index (χ2n) is 5.40. The van der Waals surface area contributed by atoms with Gasteiger partial charge in [-0.2, -0.15) is 5.10 Å². The minimum absolute atomic E-state index is 0.250. The molecule has 2 N–H and O–H groups in total. The number of fused-ring (bicyclic) bond motifs is 1. The molecular weight excluding hydrogens is 305 g/mol. The molecule has 6 heteroatoms. The highest BCUT2D eigenvalue weighted by molar-refractivity contribution is 5.90. The number of hydrogen-bond acceptors (Lipinski definition) is 4. The van der Waals surface area contributed by atoms with Crippen LogP contribution in [0.15, 0.2) is 60.8 Å². The Morgan fingerprint density at radius 1 is 0.958 bits per heavy atom. The number of anilines is 2. The van der Waals surface area contributed by atoms with Crippen molar-refractivity contribution < 1.29 is 4.39 Å². The summed E-state index contributed by atoms with van der Waals surface area (Å²) >= 11 is 0. The van der Waals surface area contributed by atoms with Gasteiger partial charge in [0.2, 0.25) is 0 Å². The fourth-order valence-electron chi connectivity index (χ4n) is 2.54. The summed E-state index contributed by atoms with van der Waals surface area (Å²) in [6, 6.07) is 16.0.